The Hall–Kier alpha value is -1.89. The minimum atomic E-state index is 0.461. The number of aliphatic imine (C=N–C) groups is 1. The Morgan fingerprint density at radius 3 is 2.71 bits per heavy atom. The zero-order valence-electron chi connectivity index (χ0n) is 15.3. The standard InChI is InChI=1S/C17H28N6S/c1-12(10-23-14(3)8-13(2)22-23)9-20-17(18-5)19-7-6-16-11-24-15(4)21-16/h8,11-12H,6-7,9-10H2,1-5H3,(H2,18,19,20). The van der Waals surface area contributed by atoms with Crippen molar-refractivity contribution >= 4 is 17.3 Å². The van der Waals surface area contributed by atoms with Gasteiger partial charge >= 0.3 is 0 Å². The van der Waals surface area contributed by atoms with E-state index in [1.54, 1.807) is 18.4 Å². The number of rotatable bonds is 7. The lowest BCUT2D eigenvalue weighted by atomic mass is 10.2. The van der Waals surface area contributed by atoms with Crippen molar-refractivity contribution in [2.75, 3.05) is 20.1 Å². The van der Waals surface area contributed by atoms with Crippen molar-refractivity contribution in [3.8, 4) is 0 Å². The van der Waals surface area contributed by atoms with Gasteiger partial charge in [-0.1, -0.05) is 6.92 Å². The smallest absolute Gasteiger partial charge is 0.190 e. The van der Waals surface area contributed by atoms with Gasteiger partial charge in [-0.05, 0) is 32.8 Å². The summed E-state index contributed by atoms with van der Waals surface area (Å²) in [4.78, 5) is 8.75. The quantitative estimate of drug-likeness (QED) is 0.595. The van der Waals surface area contributed by atoms with Gasteiger partial charge in [0.2, 0.25) is 0 Å². The van der Waals surface area contributed by atoms with Crippen LogP contribution in [0.2, 0.25) is 0 Å². The van der Waals surface area contributed by atoms with Gasteiger partial charge in [0.25, 0.3) is 0 Å². The van der Waals surface area contributed by atoms with E-state index in [1.165, 1.54) is 5.69 Å². The molecule has 2 N–H and O–H groups in total. The maximum Gasteiger partial charge on any atom is 0.190 e. The number of hydrogen-bond acceptors (Lipinski definition) is 4. The molecule has 0 aromatic carbocycles. The number of hydrogen-bond donors (Lipinski definition) is 2. The summed E-state index contributed by atoms with van der Waals surface area (Å²) in [6.45, 7) is 11.0. The fourth-order valence-corrected chi connectivity index (χ4v) is 3.19. The maximum absolute atomic E-state index is 4.52. The number of thiazole rings is 1. The average Bonchev–Trinajstić information content (AvgIpc) is 3.08. The highest BCUT2D eigenvalue weighted by atomic mass is 32.1. The molecule has 7 heteroatoms. The first kappa shape index (κ1) is 18.4. The molecule has 132 valence electrons. The molecule has 0 aliphatic carbocycles. The van der Waals surface area contributed by atoms with Crippen LogP contribution in [0.1, 0.15) is 29.0 Å². The van der Waals surface area contributed by atoms with Crippen molar-refractivity contribution in [1.82, 2.24) is 25.4 Å². The van der Waals surface area contributed by atoms with Gasteiger partial charge in [0.15, 0.2) is 5.96 Å². The van der Waals surface area contributed by atoms with Gasteiger partial charge in [0, 0.05) is 44.2 Å². The molecule has 0 aliphatic heterocycles. The summed E-state index contributed by atoms with van der Waals surface area (Å²) in [7, 11) is 1.80. The van der Waals surface area contributed by atoms with Crippen LogP contribution >= 0.6 is 11.3 Å². The van der Waals surface area contributed by atoms with Crippen molar-refractivity contribution in [2.24, 2.45) is 10.9 Å². The van der Waals surface area contributed by atoms with Gasteiger partial charge in [-0.2, -0.15) is 5.10 Å². The Bertz CT molecular complexity index is 672. The minimum absolute atomic E-state index is 0.461. The molecule has 24 heavy (non-hydrogen) atoms. The fraction of sp³-hybridized carbons (Fsp3) is 0.588. The molecule has 6 nitrogen and oxygen atoms in total. The molecule has 0 saturated carbocycles. The largest absolute Gasteiger partial charge is 0.356 e. The van der Waals surface area contributed by atoms with Crippen molar-refractivity contribution in [3.05, 3.63) is 33.5 Å². The predicted octanol–water partition coefficient (Wildman–Crippen LogP) is 2.31. The minimum Gasteiger partial charge on any atom is -0.356 e. The van der Waals surface area contributed by atoms with Gasteiger partial charge in [0.05, 0.1) is 16.4 Å². The first-order valence-corrected chi connectivity index (χ1v) is 9.22. The summed E-state index contributed by atoms with van der Waals surface area (Å²) in [5.74, 6) is 1.30. The summed E-state index contributed by atoms with van der Waals surface area (Å²) in [6, 6.07) is 2.11. The molecule has 0 spiro atoms. The second kappa shape index (κ2) is 8.82. The molecule has 2 aromatic rings. The first-order valence-electron chi connectivity index (χ1n) is 8.34. The Morgan fingerprint density at radius 1 is 1.33 bits per heavy atom. The van der Waals surface area contributed by atoms with E-state index in [4.69, 9.17) is 0 Å². The van der Waals surface area contributed by atoms with E-state index in [9.17, 15) is 0 Å². The number of guanidine groups is 1. The summed E-state index contributed by atoms with van der Waals surface area (Å²) < 4.78 is 2.07. The molecule has 2 rings (SSSR count). The second-order valence-electron chi connectivity index (χ2n) is 6.20. The van der Waals surface area contributed by atoms with E-state index in [-0.39, 0.29) is 0 Å². The lowest BCUT2D eigenvalue weighted by Gasteiger charge is -2.16. The molecule has 0 saturated heterocycles. The summed E-state index contributed by atoms with van der Waals surface area (Å²) in [6.07, 6.45) is 0.909. The lowest BCUT2D eigenvalue weighted by molar-refractivity contribution is 0.436. The number of nitrogens with zero attached hydrogens (tertiary/aromatic N) is 4. The van der Waals surface area contributed by atoms with Crippen molar-refractivity contribution in [3.63, 3.8) is 0 Å². The summed E-state index contributed by atoms with van der Waals surface area (Å²) in [5, 5.41) is 14.5. The monoisotopic (exact) mass is 348 g/mol. The third-order valence-electron chi connectivity index (χ3n) is 3.77. The third-order valence-corrected chi connectivity index (χ3v) is 4.59. The summed E-state index contributed by atoms with van der Waals surface area (Å²) >= 11 is 1.69. The Labute approximate surface area is 148 Å². The van der Waals surface area contributed by atoms with Crippen LogP contribution in [0.5, 0.6) is 0 Å². The topological polar surface area (TPSA) is 67.1 Å². The van der Waals surface area contributed by atoms with Gasteiger partial charge in [-0.15, -0.1) is 11.3 Å². The Balaban J connectivity index is 1.71. The van der Waals surface area contributed by atoms with Crippen LogP contribution in [0.3, 0.4) is 0 Å². The van der Waals surface area contributed by atoms with E-state index < -0.39 is 0 Å². The van der Waals surface area contributed by atoms with Crippen molar-refractivity contribution in [1.29, 1.82) is 0 Å². The molecule has 1 atom stereocenters. The first-order chi connectivity index (χ1) is 11.5. The zero-order chi connectivity index (χ0) is 17.5. The van der Waals surface area contributed by atoms with Gasteiger partial charge < -0.3 is 10.6 Å². The van der Waals surface area contributed by atoms with E-state index in [2.05, 4.69) is 55.7 Å². The number of nitrogens with one attached hydrogen (secondary N) is 2. The molecule has 0 bridgehead atoms. The normalized spacial score (nSPS) is 13.1. The van der Waals surface area contributed by atoms with E-state index >= 15 is 0 Å². The van der Waals surface area contributed by atoms with Crippen LogP contribution in [0.15, 0.2) is 16.4 Å². The van der Waals surface area contributed by atoms with Crippen molar-refractivity contribution in [2.45, 2.75) is 40.7 Å². The van der Waals surface area contributed by atoms with Crippen molar-refractivity contribution < 1.29 is 0 Å². The highest BCUT2D eigenvalue weighted by Crippen LogP contribution is 2.08. The SMILES string of the molecule is CN=C(NCCc1csc(C)n1)NCC(C)Cn1nc(C)cc1C. The molecule has 0 amide bonds. The Morgan fingerprint density at radius 2 is 2.12 bits per heavy atom. The molecule has 2 heterocycles. The van der Waals surface area contributed by atoms with Gasteiger partial charge in [-0.25, -0.2) is 4.98 Å². The van der Waals surface area contributed by atoms with Crippen LogP contribution in [0, 0.1) is 26.7 Å². The van der Waals surface area contributed by atoms with Crippen LogP contribution in [0.4, 0.5) is 0 Å². The van der Waals surface area contributed by atoms with E-state index in [0.717, 1.165) is 48.4 Å². The van der Waals surface area contributed by atoms with Crippen LogP contribution in [-0.2, 0) is 13.0 Å². The van der Waals surface area contributed by atoms with Crippen LogP contribution < -0.4 is 10.6 Å². The highest BCUT2D eigenvalue weighted by Gasteiger charge is 2.08. The third kappa shape index (κ3) is 5.63. The molecule has 0 radical (unpaired) electrons. The van der Waals surface area contributed by atoms with Crippen LogP contribution in [-0.4, -0.2) is 40.9 Å². The van der Waals surface area contributed by atoms with Gasteiger partial charge in [0.1, 0.15) is 0 Å². The fourth-order valence-electron chi connectivity index (χ4n) is 2.54. The highest BCUT2D eigenvalue weighted by molar-refractivity contribution is 7.09. The molecular formula is C17H28N6S. The molecular weight excluding hydrogens is 320 g/mol. The van der Waals surface area contributed by atoms with E-state index in [1.807, 2.05) is 13.8 Å². The molecule has 1 unspecified atom stereocenters. The average molecular weight is 349 g/mol. The summed E-state index contributed by atoms with van der Waals surface area (Å²) in [5.41, 5.74) is 3.42. The van der Waals surface area contributed by atoms with Gasteiger partial charge in [-0.3, -0.25) is 9.67 Å². The molecule has 0 aliphatic rings. The molecule has 0 fully saturated rings. The second-order valence-corrected chi connectivity index (χ2v) is 7.26. The van der Waals surface area contributed by atoms with E-state index in [0.29, 0.717) is 5.92 Å². The Kier molecular flexibility index (Phi) is 6.78. The predicted molar refractivity (Wildman–Crippen MR) is 101 cm³/mol. The lowest BCUT2D eigenvalue weighted by Crippen LogP contribution is -2.40. The maximum atomic E-state index is 4.52. The number of aryl methyl sites for hydroxylation is 3. The number of aromatic nitrogens is 3. The molecule has 2 aromatic heterocycles. The van der Waals surface area contributed by atoms with Crippen LogP contribution in [0.25, 0.3) is 0 Å². The zero-order valence-corrected chi connectivity index (χ0v) is 16.1.